The van der Waals surface area contributed by atoms with Crippen LogP contribution in [0, 0.1) is 0 Å². The minimum Gasteiger partial charge on any atom is -0.481 e. The van der Waals surface area contributed by atoms with Gasteiger partial charge in [-0.3, -0.25) is 9.69 Å². The summed E-state index contributed by atoms with van der Waals surface area (Å²) in [6, 6.07) is 4.89. The number of benzene rings is 1. The second-order valence-electron chi connectivity index (χ2n) is 4.57. The number of halogens is 3. The normalized spacial score (nSPS) is 13.5. The summed E-state index contributed by atoms with van der Waals surface area (Å²) in [6.07, 6.45) is -4.40. The summed E-state index contributed by atoms with van der Waals surface area (Å²) in [5.74, 6) is -0.917. The van der Waals surface area contributed by atoms with Gasteiger partial charge >= 0.3 is 12.1 Å². The maximum absolute atomic E-state index is 12.7. The van der Waals surface area contributed by atoms with Crippen LogP contribution < -0.4 is 0 Å². The van der Waals surface area contributed by atoms with Crippen molar-refractivity contribution in [2.45, 2.75) is 32.5 Å². The second kappa shape index (κ2) is 6.74. The molecule has 1 atom stereocenters. The average Bonchev–Trinajstić information content (AvgIpc) is 2.38. The van der Waals surface area contributed by atoms with E-state index in [0.29, 0.717) is 18.7 Å². The molecule has 3 nitrogen and oxygen atoms in total. The molecule has 0 bridgehead atoms. The zero-order chi connectivity index (χ0) is 15.3. The molecule has 0 amide bonds. The summed E-state index contributed by atoms with van der Waals surface area (Å²) < 4.78 is 38.0. The molecule has 0 spiro atoms. The van der Waals surface area contributed by atoms with Crippen molar-refractivity contribution < 1.29 is 23.1 Å². The van der Waals surface area contributed by atoms with Crippen molar-refractivity contribution in [3.63, 3.8) is 0 Å². The zero-order valence-electron chi connectivity index (χ0n) is 11.4. The van der Waals surface area contributed by atoms with Gasteiger partial charge < -0.3 is 5.11 Å². The highest BCUT2D eigenvalue weighted by Gasteiger charge is 2.31. The Labute approximate surface area is 116 Å². The van der Waals surface area contributed by atoms with Gasteiger partial charge in [-0.05, 0) is 31.2 Å². The first-order valence-corrected chi connectivity index (χ1v) is 6.38. The van der Waals surface area contributed by atoms with E-state index < -0.39 is 17.7 Å². The van der Waals surface area contributed by atoms with E-state index in [1.807, 2.05) is 11.8 Å². The minimum atomic E-state index is -4.37. The molecular formula is C14H18F3NO2. The number of nitrogens with zero attached hydrogens (tertiary/aromatic N) is 1. The van der Waals surface area contributed by atoms with Crippen molar-refractivity contribution in [3.05, 3.63) is 35.4 Å². The number of carboxylic acid groups (broad SMARTS) is 1. The molecule has 1 N–H and O–H groups in total. The van der Waals surface area contributed by atoms with E-state index in [4.69, 9.17) is 5.11 Å². The van der Waals surface area contributed by atoms with Crippen molar-refractivity contribution in [1.29, 1.82) is 0 Å². The molecule has 0 heterocycles. The van der Waals surface area contributed by atoms with Gasteiger partial charge in [0.25, 0.3) is 0 Å². The predicted molar refractivity (Wildman–Crippen MR) is 69.4 cm³/mol. The third-order valence-electron chi connectivity index (χ3n) is 3.26. The molecule has 1 aromatic carbocycles. The Morgan fingerprint density at radius 3 is 2.55 bits per heavy atom. The van der Waals surface area contributed by atoms with Crippen LogP contribution in [0.15, 0.2) is 24.3 Å². The maximum Gasteiger partial charge on any atom is 0.416 e. The van der Waals surface area contributed by atoms with Crippen molar-refractivity contribution in [2.75, 3.05) is 13.1 Å². The Morgan fingerprint density at radius 2 is 2.05 bits per heavy atom. The van der Waals surface area contributed by atoms with Crippen LogP contribution in [0.2, 0.25) is 0 Å². The number of alkyl halides is 3. The molecule has 112 valence electrons. The van der Waals surface area contributed by atoms with Crippen molar-refractivity contribution >= 4 is 5.97 Å². The SMILES string of the molecule is CCN(CCC(=O)O)C(C)c1cccc(C(F)(F)F)c1. The van der Waals surface area contributed by atoms with Crippen molar-refractivity contribution in [2.24, 2.45) is 0 Å². The molecule has 20 heavy (non-hydrogen) atoms. The standard InChI is InChI=1S/C14H18F3NO2/c1-3-18(8-7-13(19)20)10(2)11-5-4-6-12(9-11)14(15,16)17/h4-6,9-10H,3,7-8H2,1-2H3,(H,19,20). The van der Waals surface area contributed by atoms with Gasteiger partial charge in [-0.25, -0.2) is 0 Å². The summed E-state index contributed by atoms with van der Waals surface area (Å²) in [5.41, 5.74) is -0.150. The summed E-state index contributed by atoms with van der Waals surface area (Å²) in [7, 11) is 0. The molecule has 0 aliphatic carbocycles. The van der Waals surface area contributed by atoms with Crippen molar-refractivity contribution in [3.8, 4) is 0 Å². The first-order valence-electron chi connectivity index (χ1n) is 6.38. The van der Waals surface area contributed by atoms with E-state index in [9.17, 15) is 18.0 Å². The highest BCUT2D eigenvalue weighted by molar-refractivity contribution is 5.66. The van der Waals surface area contributed by atoms with Crippen LogP contribution in [0.3, 0.4) is 0 Å². The lowest BCUT2D eigenvalue weighted by Crippen LogP contribution is -2.29. The maximum atomic E-state index is 12.7. The average molecular weight is 289 g/mol. The molecular weight excluding hydrogens is 271 g/mol. The first kappa shape index (κ1) is 16.5. The smallest absolute Gasteiger partial charge is 0.416 e. The van der Waals surface area contributed by atoms with Crippen molar-refractivity contribution in [1.82, 2.24) is 4.90 Å². The molecule has 0 aliphatic heterocycles. The van der Waals surface area contributed by atoms with Crippen LogP contribution in [0.4, 0.5) is 13.2 Å². The number of carboxylic acids is 1. The van der Waals surface area contributed by atoms with Gasteiger partial charge in [0.15, 0.2) is 0 Å². The summed E-state index contributed by atoms with van der Waals surface area (Å²) in [6.45, 7) is 4.51. The molecule has 0 fully saturated rings. The molecule has 0 aromatic heterocycles. The Morgan fingerprint density at radius 1 is 1.40 bits per heavy atom. The Balaban J connectivity index is 2.89. The highest BCUT2D eigenvalue weighted by atomic mass is 19.4. The lowest BCUT2D eigenvalue weighted by molar-refractivity contribution is -0.138. The lowest BCUT2D eigenvalue weighted by atomic mass is 10.0. The van der Waals surface area contributed by atoms with Crippen LogP contribution in [-0.2, 0) is 11.0 Å². The van der Waals surface area contributed by atoms with Crippen LogP contribution in [0.1, 0.15) is 37.4 Å². The topological polar surface area (TPSA) is 40.5 Å². The van der Waals surface area contributed by atoms with E-state index >= 15 is 0 Å². The van der Waals surface area contributed by atoms with Crippen LogP contribution >= 0.6 is 0 Å². The third-order valence-corrected chi connectivity index (χ3v) is 3.26. The molecule has 6 heteroatoms. The van der Waals surface area contributed by atoms with E-state index in [1.54, 1.807) is 13.0 Å². The lowest BCUT2D eigenvalue weighted by Gasteiger charge is -2.28. The quantitative estimate of drug-likeness (QED) is 0.870. The largest absolute Gasteiger partial charge is 0.481 e. The van der Waals surface area contributed by atoms with Gasteiger partial charge in [0.05, 0.1) is 12.0 Å². The fraction of sp³-hybridized carbons (Fsp3) is 0.500. The molecule has 1 rings (SSSR count). The fourth-order valence-electron chi connectivity index (χ4n) is 2.05. The Kier molecular flexibility index (Phi) is 5.56. The highest BCUT2D eigenvalue weighted by Crippen LogP contribution is 2.31. The van der Waals surface area contributed by atoms with E-state index in [-0.39, 0.29) is 12.5 Å². The van der Waals surface area contributed by atoms with Gasteiger partial charge in [0, 0.05) is 12.6 Å². The molecule has 0 saturated carbocycles. The second-order valence-corrected chi connectivity index (χ2v) is 4.57. The van der Waals surface area contributed by atoms with Gasteiger partial charge in [0.2, 0.25) is 0 Å². The molecule has 1 aromatic rings. The fourth-order valence-corrected chi connectivity index (χ4v) is 2.05. The number of hydrogen-bond donors (Lipinski definition) is 1. The van der Waals surface area contributed by atoms with E-state index in [0.717, 1.165) is 12.1 Å². The molecule has 0 saturated heterocycles. The number of aliphatic carboxylic acids is 1. The summed E-state index contributed by atoms with van der Waals surface area (Å²) in [5, 5.41) is 8.69. The van der Waals surface area contributed by atoms with Crippen LogP contribution in [0.5, 0.6) is 0 Å². The van der Waals surface area contributed by atoms with E-state index in [1.165, 1.54) is 6.07 Å². The first-order chi connectivity index (χ1) is 9.25. The number of hydrogen-bond acceptors (Lipinski definition) is 2. The Hall–Kier alpha value is -1.56. The number of rotatable bonds is 6. The summed E-state index contributed by atoms with van der Waals surface area (Å²) in [4.78, 5) is 12.4. The number of carbonyl (C=O) groups is 1. The van der Waals surface area contributed by atoms with Gasteiger partial charge in [0.1, 0.15) is 0 Å². The zero-order valence-corrected chi connectivity index (χ0v) is 11.4. The van der Waals surface area contributed by atoms with Gasteiger partial charge in [-0.15, -0.1) is 0 Å². The minimum absolute atomic E-state index is 0.0306. The van der Waals surface area contributed by atoms with Gasteiger partial charge in [-0.2, -0.15) is 13.2 Å². The van der Waals surface area contributed by atoms with Crippen LogP contribution in [0.25, 0.3) is 0 Å². The van der Waals surface area contributed by atoms with Gasteiger partial charge in [-0.1, -0.05) is 19.1 Å². The third kappa shape index (κ3) is 4.52. The van der Waals surface area contributed by atoms with Crippen LogP contribution in [-0.4, -0.2) is 29.1 Å². The summed E-state index contributed by atoms with van der Waals surface area (Å²) >= 11 is 0. The van der Waals surface area contributed by atoms with E-state index in [2.05, 4.69) is 0 Å². The molecule has 0 aliphatic rings. The molecule has 0 radical (unpaired) electrons. The predicted octanol–water partition coefficient (Wildman–Crippen LogP) is 3.56. The Bertz CT molecular complexity index is 460. The monoisotopic (exact) mass is 289 g/mol. The molecule has 1 unspecified atom stereocenters.